The van der Waals surface area contributed by atoms with E-state index in [4.69, 9.17) is 16.3 Å². The largest absolute Gasteiger partial charge is 0.497 e. The molecular formula is C25H24ClF2N5O2. The lowest BCUT2D eigenvalue weighted by Crippen LogP contribution is -2.48. The van der Waals surface area contributed by atoms with E-state index in [2.05, 4.69) is 15.0 Å². The average molecular weight is 500 g/mol. The van der Waals surface area contributed by atoms with E-state index in [-0.39, 0.29) is 28.7 Å². The molecule has 1 fully saturated rings. The monoisotopic (exact) mass is 499 g/mol. The van der Waals surface area contributed by atoms with Gasteiger partial charge in [0, 0.05) is 42.8 Å². The first-order valence-electron chi connectivity index (χ1n) is 11.3. The van der Waals surface area contributed by atoms with Crippen LogP contribution in [0, 0.1) is 0 Å². The molecule has 0 radical (unpaired) electrons. The Balaban J connectivity index is 1.40. The number of carbonyl (C=O) groups excluding carboxylic acids is 1. The maximum absolute atomic E-state index is 13.9. The van der Waals surface area contributed by atoms with E-state index >= 15 is 0 Å². The summed E-state index contributed by atoms with van der Waals surface area (Å²) in [6, 6.07) is 8.94. The van der Waals surface area contributed by atoms with Gasteiger partial charge >= 0.3 is 0 Å². The molecule has 7 nitrogen and oxygen atoms in total. The fraction of sp³-hybridized carbons (Fsp3) is 0.320. The number of alkyl halides is 2. The van der Waals surface area contributed by atoms with Gasteiger partial charge in [0.05, 0.1) is 19.0 Å². The lowest BCUT2D eigenvalue weighted by molar-refractivity contribution is 0.0748. The van der Waals surface area contributed by atoms with Gasteiger partial charge in [-0.1, -0.05) is 17.7 Å². The third kappa shape index (κ3) is 4.60. The van der Waals surface area contributed by atoms with E-state index in [1.807, 2.05) is 36.4 Å². The molecule has 1 aliphatic carbocycles. The first kappa shape index (κ1) is 23.3. The van der Waals surface area contributed by atoms with Gasteiger partial charge in [0.2, 0.25) is 0 Å². The Hall–Kier alpha value is -3.46. The van der Waals surface area contributed by atoms with Crippen LogP contribution in [0.25, 0.3) is 5.65 Å². The molecular weight excluding hydrogens is 476 g/mol. The van der Waals surface area contributed by atoms with Crippen LogP contribution in [0.4, 0.5) is 14.5 Å². The zero-order valence-electron chi connectivity index (χ0n) is 19.1. The first-order valence-corrected chi connectivity index (χ1v) is 11.7. The Bertz CT molecular complexity index is 1300. The second-order valence-corrected chi connectivity index (χ2v) is 8.90. The van der Waals surface area contributed by atoms with Crippen molar-refractivity contribution in [3.63, 3.8) is 0 Å². The summed E-state index contributed by atoms with van der Waals surface area (Å²) in [6.07, 6.45) is 4.70. The van der Waals surface area contributed by atoms with Gasteiger partial charge in [0.1, 0.15) is 17.0 Å². The summed E-state index contributed by atoms with van der Waals surface area (Å²) in [5.41, 5.74) is 1.60. The number of hydrogen-bond donors (Lipinski definition) is 0. The van der Waals surface area contributed by atoms with Gasteiger partial charge in [0.25, 0.3) is 12.3 Å². The van der Waals surface area contributed by atoms with Crippen molar-refractivity contribution >= 4 is 28.8 Å². The van der Waals surface area contributed by atoms with E-state index in [1.165, 1.54) is 12.3 Å². The molecule has 0 bridgehead atoms. The molecule has 0 N–H and O–H groups in total. The Labute approximate surface area is 206 Å². The SMILES string of the molecule is COC1=CCC(c2cc(C(F)F)n3ncc(C(=O)N4CCN(c5ccc(Cl)cc5)CC4)c3n2)C=C1. The average Bonchev–Trinajstić information content (AvgIpc) is 3.32. The molecule has 2 aromatic heterocycles. The van der Waals surface area contributed by atoms with Gasteiger partial charge in [-0.3, -0.25) is 4.79 Å². The predicted molar refractivity (Wildman–Crippen MR) is 129 cm³/mol. The minimum atomic E-state index is -2.76. The molecule has 3 aromatic rings. The summed E-state index contributed by atoms with van der Waals surface area (Å²) < 4.78 is 34.1. The molecule has 1 amide bonds. The van der Waals surface area contributed by atoms with E-state index in [9.17, 15) is 13.6 Å². The van der Waals surface area contributed by atoms with E-state index in [1.54, 1.807) is 18.1 Å². The predicted octanol–water partition coefficient (Wildman–Crippen LogP) is 4.86. The van der Waals surface area contributed by atoms with Gasteiger partial charge in [-0.15, -0.1) is 0 Å². The molecule has 5 rings (SSSR count). The molecule has 182 valence electrons. The highest BCUT2D eigenvalue weighted by atomic mass is 35.5. The van der Waals surface area contributed by atoms with Gasteiger partial charge in [-0.25, -0.2) is 18.3 Å². The number of rotatable bonds is 5. The third-order valence-electron chi connectivity index (χ3n) is 6.41. The van der Waals surface area contributed by atoms with Crippen LogP contribution >= 0.6 is 11.6 Å². The Kier molecular flexibility index (Phi) is 6.42. The minimum absolute atomic E-state index is 0.151. The fourth-order valence-corrected chi connectivity index (χ4v) is 4.59. The van der Waals surface area contributed by atoms with Crippen molar-refractivity contribution < 1.29 is 18.3 Å². The van der Waals surface area contributed by atoms with Crippen LogP contribution in [0.15, 0.2) is 60.5 Å². The molecule has 1 aromatic carbocycles. The number of allylic oxidation sites excluding steroid dienone is 3. The van der Waals surface area contributed by atoms with Crippen molar-refractivity contribution in [2.75, 3.05) is 38.2 Å². The number of piperazine rings is 1. The number of nitrogens with zero attached hydrogens (tertiary/aromatic N) is 5. The van der Waals surface area contributed by atoms with E-state index < -0.39 is 6.43 Å². The number of hydrogen-bond acceptors (Lipinski definition) is 5. The van der Waals surface area contributed by atoms with Crippen molar-refractivity contribution in [3.8, 4) is 0 Å². The summed E-state index contributed by atoms with van der Waals surface area (Å²) in [6.45, 7) is 2.29. The zero-order chi connectivity index (χ0) is 24.5. The zero-order valence-corrected chi connectivity index (χ0v) is 19.8. The van der Waals surface area contributed by atoms with Crippen LogP contribution in [0.3, 0.4) is 0 Å². The molecule has 35 heavy (non-hydrogen) atoms. The summed E-state index contributed by atoms with van der Waals surface area (Å²) >= 11 is 5.98. The normalized spacial score (nSPS) is 18.3. The number of benzene rings is 1. The fourth-order valence-electron chi connectivity index (χ4n) is 4.46. The van der Waals surface area contributed by atoms with Crippen molar-refractivity contribution in [1.82, 2.24) is 19.5 Å². The van der Waals surface area contributed by atoms with Crippen LogP contribution in [0.1, 0.15) is 40.5 Å². The van der Waals surface area contributed by atoms with Gasteiger partial charge in [-0.05, 0) is 48.9 Å². The lowest BCUT2D eigenvalue weighted by Gasteiger charge is -2.36. The summed E-state index contributed by atoms with van der Waals surface area (Å²) in [4.78, 5) is 21.9. The summed E-state index contributed by atoms with van der Waals surface area (Å²) in [7, 11) is 1.58. The van der Waals surface area contributed by atoms with Gasteiger partial charge in [0.15, 0.2) is 5.65 Å². The first-order chi connectivity index (χ1) is 16.9. The highest BCUT2D eigenvalue weighted by molar-refractivity contribution is 6.30. The number of methoxy groups -OCH3 is 1. The highest BCUT2D eigenvalue weighted by Crippen LogP contribution is 2.30. The number of aromatic nitrogens is 3. The maximum Gasteiger partial charge on any atom is 0.280 e. The van der Waals surface area contributed by atoms with Crippen LogP contribution in [0.5, 0.6) is 0 Å². The molecule has 3 heterocycles. The number of fused-ring (bicyclic) bond motifs is 1. The second-order valence-electron chi connectivity index (χ2n) is 8.47. The molecule has 1 atom stereocenters. The maximum atomic E-state index is 13.9. The van der Waals surface area contributed by atoms with Crippen molar-refractivity contribution in [2.45, 2.75) is 18.8 Å². The lowest BCUT2D eigenvalue weighted by atomic mass is 9.96. The van der Waals surface area contributed by atoms with Crippen molar-refractivity contribution in [3.05, 3.63) is 82.5 Å². The van der Waals surface area contributed by atoms with E-state index in [0.29, 0.717) is 43.3 Å². The molecule has 1 aliphatic heterocycles. The number of carbonyl (C=O) groups is 1. The minimum Gasteiger partial charge on any atom is -0.497 e. The highest BCUT2D eigenvalue weighted by Gasteiger charge is 2.28. The molecule has 1 saturated heterocycles. The Morgan fingerprint density at radius 2 is 1.91 bits per heavy atom. The Morgan fingerprint density at radius 1 is 1.17 bits per heavy atom. The van der Waals surface area contributed by atoms with Crippen LogP contribution in [-0.4, -0.2) is 58.7 Å². The van der Waals surface area contributed by atoms with Crippen LogP contribution < -0.4 is 4.90 Å². The molecule has 2 aliphatic rings. The quantitative estimate of drug-likeness (QED) is 0.502. The molecule has 10 heteroatoms. The number of ether oxygens (including phenoxy) is 1. The molecule has 1 unspecified atom stereocenters. The van der Waals surface area contributed by atoms with Gasteiger partial charge in [-0.2, -0.15) is 5.10 Å². The standard InChI is InChI=1S/C25H24ClF2N5O2/c1-35-19-8-2-16(3-9-19)21-14-22(23(27)28)33-24(30-21)20(15-29-33)25(34)32-12-10-31(11-13-32)18-6-4-17(26)5-7-18/h2,4-9,14-16,23H,3,10-13H2,1H3. The number of anilines is 1. The Morgan fingerprint density at radius 3 is 2.54 bits per heavy atom. The van der Waals surface area contributed by atoms with Crippen LogP contribution in [0.2, 0.25) is 5.02 Å². The summed E-state index contributed by atoms with van der Waals surface area (Å²) in [5.74, 6) is 0.257. The number of amides is 1. The summed E-state index contributed by atoms with van der Waals surface area (Å²) in [5, 5.41) is 4.76. The van der Waals surface area contributed by atoms with E-state index in [0.717, 1.165) is 16.0 Å². The van der Waals surface area contributed by atoms with Gasteiger partial charge < -0.3 is 14.5 Å². The van der Waals surface area contributed by atoms with Crippen LogP contribution in [-0.2, 0) is 4.74 Å². The topological polar surface area (TPSA) is 63.0 Å². The number of halogens is 3. The second kappa shape index (κ2) is 9.65. The van der Waals surface area contributed by atoms with Crippen molar-refractivity contribution in [1.29, 1.82) is 0 Å². The molecule has 0 spiro atoms. The smallest absolute Gasteiger partial charge is 0.280 e. The third-order valence-corrected chi connectivity index (χ3v) is 6.67. The molecule has 0 saturated carbocycles. The van der Waals surface area contributed by atoms with Crippen molar-refractivity contribution in [2.24, 2.45) is 0 Å².